The van der Waals surface area contributed by atoms with Crippen molar-refractivity contribution in [2.24, 2.45) is 0 Å². The lowest BCUT2D eigenvalue weighted by Crippen LogP contribution is -2.02. The molecule has 20 heavy (non-hydrogen) atoms. The molecule has 6 nitrogen and oxygen atoms in total. The number of rotatable bonds is 3. The summed E-state index contributed by atoms with van der Waals surface area (Å²) < 4.78 is 3.77. The van der Waals surface area contributed by atoms with Crippen LogP contribution in [0.3, 0.4) is 0 Å². The number of aryl methyl sites for hydroxylation is 2. The molecule has 0 bridgehead atoms. The SMILES string of the molecule is CCn1nc(C)c(-c2ncnn2-c2cccnc2)c1C. The molecule has 6 heteroatoms. The third-order valence-corrected chi connectivity index (χ3v) is 3.34. The first-order chi connectivity index (χ1) is 9.72. The van der Waals surface area contributed by atoms with Gasteiger partial charge < -0.3 is 0 Å². The van der Waals surface area contributed by atoms with Gasteiger partial charge in [-0.2, -0.15) is 10.2 Å². The zero-order chi connectivity index (χ0) is 14.1. The second-order valence-corrected chi connectivity index (χ2v) is 4.57. The number of hydrogen-bond donors (Lipinski definition) is 0. The smallest absolute Gasteiger partial charge is 0.166 e. The molecule has 3 heterocycles. The van der Waals surface area contributed by atoms with Crippen LogP contribution in [-0.2, 0) is 6.54 Å². The molecule has 0 N–H and O–H groups in total. The molecular formula is C14H16N6. The zero-order valence-corrected chi connectivity index (χ0v) is 11.8. The van der Waals surface area contributed by atoms with Gasteiger partial charge in [0.2, 0.25) is 0 Å². The molecule has 0 aromatic carbocycles. The van der Waals surface area contributed by atoms with E-state index in [2.05, 4.69) is 34.0 Å². The van der Waals surface area contributed by atoms with Gasteiger partial charge in [-0.15, -0.1) is 0 Å². The Morgan fingerprint density at radius 1 is 1.25 bits per heavy atom. The molecule has 0 spiro atoms. The van der Waals surface area contributed by atoms with Crippen molar-refractivity contribution in [2.45, 2.75) is 27.3 Å². The molecule has 0 aliphatic rings. The van der Waals surface area contributed by atoms with E-state index in [1.807, 2.05) is 23.7 Å². The van der Waals surface area contributed by atoms with Crippen molar-refractivity contribution in [1.82, 2.24) is 29.5 Å². The van der Waals surface area contributed by atoms with E-state index < -0.39 is 0 Å². The Morgan fingerprint density at radius 2 is 2.10 bits per heavy atom. The summed E-state index contributed by atoms with van der Waals surface area (Å²) in [5.74, 6) is 0.799. The highest BCUT2D eigenvalue weighted by molar-refractivity contribution is 5.63. The van der Waals surface area contributed by atoms with E-state index in [-0.39, 0.29) is 0 Å². The van der Waals surface area contributed by atoms with E-state index in [0.29, 0.717) is 0 Å². The summed E-state index contributed by atoms with van der Waals surface area (Å²) in [6, 6.07) is 3.84. The summed E-state index contributed by atoms with van der Waals surface area (Å²) in [6.07, 6.45) is 5.07. The van der Waals surface area contributed by atoms with Crippen LogP contribution in [0, 0.1) is 13.8 Å². The van der Waals surface area contributed by atoms with Gasteiger partial charge in [0.05, 0.1) is 23.1 Å². The van der Waals surface area contributed by atoms with Crippen LogP contribution in [0.15, 0.2) is 30.9 Å². The van der Waals surface area contributed by atoms with Crippen LogP contribution in [0.25, 0.3) is 17.1 Å². The number of aromatic nitrogens is 6. The lowest BCUT2D eigenvalue weighted by molar-refractivity contribution is 0.634. The van der Waals surface area contributed by atoms with E-state index in [1.54, 1.807) is 23.4 Å². The monoisotopic (exact) mass is 268 g/mol. The van der Waals surface area contributed by atoms with Crippen molar-refractivity contribution in [3.8, 4) is 17.1 Å². The molecule has 0 fully saturated rings. The van der Waals surface area contributed by atoms with Gasteiger partial charge in [0.25, 0.3) is 0 Å². The minimum Gasteiger partial charge on any atom is -0.269 e. The van der Waals surface area contributed by atoms with Crippen LogP contribution in [0.5, 0.6) is 0 Å². The summed E-state index contributed by atoms with van der Waals surface area (Å²) >= 11 is 0. The molecule has 0 unspecified atom stereocenters. The standard InChI is InChI=1S/C14H16N6/c1-4-19-11(3)13(10(2)18-19)14-16-9-17-20(14)12-6-5-7-15-8-12/h5-9H,4H2,1-3H3. The van der Waals surface area contributed by atoms with E-state index in [0.717, 1.165) is 35.0 Å². The number of hydrogen-bond acceptors (Lipinski definition) is 4. The summed E-state index contributed by atoms with van der Waals surface area (Å²) in [4.78, 5) is 8.54. The average Bonchev–Trinajstić information content (AvgIpc) is 3.04. The minimum atomic E-state index is 0.799. The molecule has 0 amide bonds. The van der Waals surface area contributed by atoms with Crippen LogP contribution in [0.1, 0.15) is 18.3 Å². The topological polar surface area (TPSA) is 61.4 Å². The molecule has 0 saturated carbocycles. The second-order valence-electron chi connectivity index (χ2n) is 4.57. The maximum Gasteiger partial charge on any atom is 0.166 e. The van der Waals surface area contributed by atoms with E-state index in [4.69, 9.17) is 0 Å². The molecule has 102 valence electrons. The van der Waals surface area contributed by atoms with Crippen molar-refractivity contribution >= 4 is 0 Å². The summed E-state index contributed by atoms with van der Waals surface area (Å²) in [5.41, 5.74) is 3.99. The van der Waals surface area contributed by atoms with Gasteiger partial charge in [0, 0.05) is 18.4 Å². The van der Waals surface area contributed by atoms with E-state index in [9.17, 15) is 0 Å². The Bertz CT molecular complexity index is 725. The second kappa shape index (κ2) is 4.88. The Balaban J connectivity index is 2.18. The van der Waals surface area contributed by atoms with Crippen molar-refractivity contribution in [3.63, 3.8) is 0 Å². The Kier molecular flexibility index (Phi) is 3.06. The van der Waals surface area contributed by atoms with Crippen molar-refractivity contribution in [1.29, 1.82) is 0 Å². The largest absolute Gasteiger partial charge is 0.269 e. The van der Waals surface area contributed by atoms with Crippen LogP contribution < -0.4 is 0 Å². The fourth-order valence-corrected chi connectivity index (χ4v) is 2.41. The number of nitrogens with zero attached hydrogens (tertiary/aromatic N) is 6. The van der Waals surface area contributed by atoms with Gasteiger partial charge in [0.15, 0.2) is 5.82 Å². The van der Waals surface area contributed by atoms with Crippen LogP contribution in [0.2, 0.25) is 0 Å². The highest BCUT2D eigenvalue weighted by Crippen LogP contribution is 2.26. The summed E-state index contributed by atoms with van der Waals surface area (Å²) in [5, 5.41) is 8.85. The first-order valence-electron chi connectivity index (χ1n) is 6.57. The van der Waals surface area contributed by atoms with Crippen molar-refractivity contribution in [3.05, 3.63) is 42.2 Å². The molecule has 0 atom stereocenters. The molecule has 3 aromatic rings. The van der Waals surface area contributed by atoms with Crippen LogP contribution in [0.4, 0.5) is 0 Å². The van der Waals surface area contributed by atoms with Crippen molar-refractivity contribution in [2.75, 3.05) is 0 Å². The molecular weight excluding hydrogens is 252 g/mol. The highest BCUT2D eigenvalue weighted by Gasteiger charge is 2.18. The van der Waals surface area contributed by atoms with E-state index in [1.165, 1.54) is 0 Å². The number of pyridine rings is 1. The quantitative estimate of drug-likeness (QED) is 0.730. The lowest BCUT2D eigenvalue weighted by Gasteiger charge is -2.06. The van der Waals surface area contributed by atoms with Gasteiger partial charge in [-0.3, -0.25) is 9.67 Å². The first kappa shape index (κ1) is 12.5. The Morgan fingerprint density at radius 3 is 2.75 bits per heavy atom. The van der Waals surface area contributed by atoms with Crippen molar-refractivity contribution < 1.29 is 0 Å². The summed E-state index contributed by atoms with van der Waals surface area (Å²) in [6.45, 7) is 6.97. The van der Waals surface area contributed by atoms with Gasteiger partial charge in [-0.25, -0.2) is 9.67 Å². The van der Waals surface area contributed by atoms with Gasteiger partial charge >= 0.3 is 0 Å². The first-order valence-corrected chi connectivity index (χ1v) is 6.57. The highest BCUT2D eigenvalue weighted by atomic mass is 15.3. The molecule has 0 radical (unpaired) electrons. The molecule has 0 saturated heterocycles. The van der Waals surface area contributed by atoms with Crippen LogP contribution >= 0.6 is 0 Å². The predicted molar refractivity (Wildman–Crippen MR) is 75.5 cm³/mol. The normalized spacial score (nSPS) is 10.9. The Labute approximate surface area is 117 Å². The fourth-order valence-electron chi connectivity index (χ4n) is 2.41. The average molecular weight is 268 g/mol. The zero-order valence-electron chi connectivity index (χ0n) is 11.8. The molecule has 3 aromatic heterocycles. The third kappa shape index (κ3) is 1.89. The van der Waals surface area contributed by atoms with Gasteiger partial charge in [-0.05, 0) is 32.9 Å². The maximum absolute atomic E-state index is 4.54. The predicted octanol–water partition coefficient (Wildman–Crippen LogP) is 2.16. The lowest BCUT2D eigenvalue weighted by atomic mass is 10.2. The minimum absolute atomic E-state index is 0.799. The summed E-state index contributed by atoms with van der Waals surface area (Å²) in [7, 11) is 0. The fraction of sp³-hybridized carbons (Fsp3) is 0.286. The van der Waals surface area contributed by atoms with E-state index >= 15 is 0 Å². The van der Waals surface area contributed by atoms with Gasteiger partial charge in [-0.1, -0.05) is 0 Å². The van der Waals surface area contributed by atoms with Crippen LogP contribution in [-0.4, -0.2) is 29.5 Å². The Hall–Kier alpha value is -2.50. The maximum atomic E-state index is 4.54. The molecule has 0 aliphatic carbocycles. The third-order valence-electron chi connectivity index (χ3n) is 3.34. The molecule has 0 aliphatic heterocycles. The molecule has 3 rings (SSSR count). The van der Waals surface area contributed by atoms with Gasteiger partial charge in [0.1, 0.15) is 6.33 Å².